The van der Waals surface area contributed by atoms with Crippen LogP contribution in [0, 0.1) is 5.92 Å². The van der Waals surface area contributed by atoms with E-state index in [2.05, 4.69) is 0 Å². The summed E-state index contributed by atoms with van der Waals surface area (Å²) in [6.07, 6.45) is 3.75. The van der Waals surface area contributed by atoms with Gasteiger partial charge in [0.15, 0.2) is 0 Å². The monoisotopic (exact) mass is 207 g/mol. The molecule has 0 saturated heterocycles. The normalized spacial score (nSPS) is 32.8. The molecule has 78 valence electrons. The Morgan fingerprint density at radius 3 is 2.38 bits per heavy atom. The van der Waals surface area contributed by atoms with Crippen molar-refractivity contribution in [1.82, 2.24) is 0 Å². The van der Waals surface area contributed by atoms with Crippen LogP contribution in [0.3, 0.4) is 0 Å². The van der Waals surface area contributed by atoms with Crippen molar-refractivity contribution in [2.45, 2.75) is 43.9 Å². The van der Waals surface area contributed by atoms with Gasteiger partial charge in [0.05, 0.1) is 5.25 Å². The van der Waals surface area contributed by atoms with Crippen LogP contribution in [0.25, 0.3) is 0 Å². The molecule has 1 rings (SSSR count). The molecule has 1 saturated carbocycles. The van der Waals surface area contributed by atoms with E-state index in [0.29, 0.717) is 0 Å². The fraction of sp³-hybridized carbons (Fsp3) is 1.00. The highest BCUT2D eigenvalue weighted by molar-refractivity contribution is 7.86. The van der Waals surface area contributed by atoms with Crippen molar-refractivity contribution in [3.63, 3.8) is 0 Å². The molecule has 3 N–H and O–H groups in total. The van der Waals surface area contributed by atoms with Crippen molar-refractivity contribution < 1.29 is 13.0 Å². The molecule has 0 aromatic carbocycles. The zero-order chi connectivity index (χ0) is 10.1. The van der Waals surface area contributed by atoms with Crippen LogP contribution >= 0.6 is 0 Å². The molecule has 0 aromatic heterocycles. The summed E-state index contributed by atoms with van der Waals surface area (Å²) in [6.45, 7) is 1.53. The Kier molecular flexibility index (Phi) is 3.32. The molecule has 1 aliphatic rings. The lowest BCUT2D eigenvalue weighted by Gasteiger charge is -2.31. The SMILES string of the molecule is CC(C1CCCCC1N)S(=O)(=O)O. The fourth-order valence-corrected chi connectivity index (χ4v) is 2.77. The van der Waals surface area contributed by atoms with E-state index in [9.17, 15) is 8.42 Å². The molecule has 0 aliphatic heterocycles. The van der Waals surface area contributed by atoms with E-state index in [1.807, 2.05) is 0 Å². The summed E-state index contributed by atoms with van der Waals surface area (Å²) in [5, 5.41) is -0.720. The lowest BCUT2D eigenvalue weighted by Crippen LogP contribution is -2.42. The van der Waals surface area contributed by atoms with Gasteiger partial charge < -0.3 is 5.73 Å². The second-order valence-corrected chi connectivity index (χ2v) is 5.61. The summed E-state index contributed by atoms with van der Waals surface area (Å²) in [5.41, 5.74) is 5.80. The van der Waals surface area contributed by atoms with Gasteiger partial charge in [-0.1, -0.05) is 12.8 Å². The summed E-state index contributed by atoms with van der Waals surface area (Å²) in [4.78, 5) is 0. The molecule has 0 amide bonds. The van der Waals surface area contributed by atoms with Gasteiger partial charge in [-0.25, -0.2) is 0 Å². The molecule has 0 aromatic rings. The molecule has 3 unspecified atom stereocenters. The predicted octanol–water partition coefficient (Wildman–Crippen LogP) is 0.780. The van der Waals surface area contributed by atoms with Crippen molar-refractivity contribution >= 4 is 10.1 Å². The van der Waals surface area contributed by atoms with E-state index >= 15 is 0 Å². The van der Waals surface area contributed by atoms with Crippen LogP contribution in [0.2, 0.25) is 0 Å². The molecule has 1 fully saturated rings. The maximum atomic E-state index is 10.9. The van der Waals surface area contributed by atoms with E-state index in [0.717, 1.165) is 25.7 Å². The summed E-state index contributed by atoms with van der Waals surface area (Å²) in [7, 11) is -3.92. The van der Waals surface area contributed by atoms with E-state index in [4.69, 9.17) is 10.3 Å². The van der Waals surface area contributed by atoms with Gasteiger partial charge in [0.25, 0.3) is 10.1 Å². The van der Waals surface area contributed by atoms with Crippen LogP contribution in [0.1, 0.15) is 32.6 Å². The molecular weight excluding hydrogens is 190 g/mol. The second-order valence-electron chi connectivity index (χ2n) is 3.83. The topological polar surface area (TPSA) is 80.4 Å². The van der Waals surface area contributed by atoms with Crippen molar-refractivity contribution in [3.05, 3.63) is 0 Å². The van der Waals surface area contributed by atoms with Crippen LogP contribution in [-0.2, 0) is 10.1 Å². The van der Waals surface area contributed by atoms with Crippen molar-refractivity contribution in [1.29, 1.82) is 0 Å². The molecular formula is C8H17NO3S. The van der Waals surface area contributed by atoms with Crippen LogP contribution in [0.4, 0.5) is 0 Å². The zero-order valence-electron chi connectivity index (χ0n) is 7.81. The predicted molar refractivity (Wildman–Crippen MR) is 50.9 cm³/mol. The van der Waals surface area contributed by atoms with Crippen molar-refractivity contribution in [2.75, 3.05) is 0 Å². The second kappa shape index (κ2) is 3.94. The Hall–Kier alpha value is -0.130. The summed E-state index contributed by atoms with van der Waals surface area (Å²) < 4.78 is 30.6. The highest BCUT2D eigenvalue weighted by atomic mass is 32.2. The number of hydrogen-bond donors (Lipinski definition) is 2. The van der Waals surface area contributed by atoms with Gasteiger partial charge in [0.1, 0.15) is 0 Å². The standard InChI is InChI=1S/C8H17NO3S/c1-6(13(10,11)12)7-4-2-3-5-8(7)9/h6-8H,2-5,9H2,1H3,(H,10,11,12). The van der Waals surface area contributed by atoms with Crippen LogP contribution in [0.5, 0.6) is 0 Å². The number of hydrogen-bond acceptors (Lipinski definition) is 3. The molecule has 3 atom stereocenters. The zero-order valence-corrected chi connectivity index (χ0v) is 8.63. The first-order chi connectivity index (χ1) is 5.93. The fourth-order valence-electron chi connectivity index (χ4n) is 1.99. The van der Waals surface area contributed by atoms with Crippen LogP contribution < -0.4 is 5.73 Å². The molecule has 1 aliphatic carbocycles. The number of nitrogens with two attached hydrogens (primary N) is 1. The minimum atomic E-state index is -3.92. The lowest BCUT2D eigenvalue weighted by atomic mass is 9.83. The smallest absolute Gasteiger partial charge is 0.267 e. The average Bonchev–Trinajstić information content (AvgIpc) is 2.02. The maximum Gasteiger partial charge on any atom is 0.267 e. The van der Waals surface area contributed by atoms with E-state index < -0.39 is 15.4 Å². The molecule has 0 bridgehead atoms. The van der Waals surface area contributed by atoms with Gasteiger partial charge in [-0.15, -0.1) is 0 Å². The Bertz CT molecular complexity index is 263. The third-order valence-electron chi connectivity index (χ3n) is 2.95. The van der Waals surface area contributed by atoms with Gasteiger partial charge in [-0.05, 0) is 25.7 Å². The first kappa shape index (κ1) is 10.9. The van der Waals surface area contributed by atoms with Gasteiger partial charge >= 0.3 is 0 Å². The molecule has 0 heterocycles. The van der Waals surface area contributed by atoms with E-state index in [-0.39, 0.29) is 12.0 Å². The average molecular weight is 207 g/mol. The van der Waals surface area contributed by atoms with Gasteiger partial charge in [0, 0.05) is 6.04 Å². The maximum absolute atomic E-state index is 10.9. The summed E-state index contributed by atoms with van der Waals surface area (Å²) >= 11 is 0. The number of rotatable bonds is 2. The largest absolute Gasteiger partial charge is 0.327 e. The van der Waals surface area contributed by atoms with Gasteiger partial charge in [-0.3, -0.25) is 4.55 Å². The highest BCUT2D eigenvalue weighted by Crippen LogP contribution is 2.28. The summed E-state index contributed by atoms with van der Waals surface area (Å²) in [6, 6.07) is -0.0781. The van der Waals surface area contributed by atoms with E-state index in [1.54, 1.807) is 0 Å². The van der Waals surface area contributed by atoms with Crippen LogP contribution in [-0.4, -0.2) is 24.3 Å². The Labute approximate surface area is 79.3 Å². The first-order valence-electron chi connectivity index (χ1n) is 4.65. The quantitative estimate of drug-likeness (QED) is 0.656. The van der Waals surface area contributed by atoms with Gasteiger partial charge in [-0.2, -0.15) is 8.42 Å². The first-order valence-corrected chi connectivity index (χ1v) is 6.15. The van der Waals surface area contributed by atoms with Crippen LogP contribution in [0.15, 0.2) is 0 Å². The van der Waals surface area contributed by atoms with E-state index in [1.165, 1.54) is 6.92 Å². The van der Waals surface area contributed by atoms with Crippen molar-refractivity contribution in [2.24, 2.45) is 11.7 Å². The van der Waals surface area contributed by atoms with Crippen molar-refractivity contribution in [3.8, 4) is 0 Å². The third kappa shape index (κ3) is 2.65. The Morgan fingerprint density at radius 2 is 1.92 bits per heavy atom. The third-order valence-corrected chi connectivity index (χ3v) is 4.24. The highest BCUT2D eigenvalue weighted by Gasteiger charge is 2.33. The summed E-state index contributed by atoms with van der Waals surface area (Å²) in [5.74, 6) is -0.0799. The molecule has 5 heteroatoms. The Balaban J connectivity index is 2.70. The minimum absolute atomic E-state index is 0.0781. The minimum Gasteiger partial charge on any atom is -0.327 e. The molecule has 0 radical (unpaired) electrons. The lowest BCUT2D eigenvalue weighted by molar-refractivity contribution is 0.292. The van der Waals surface area contributed by atoms with Gasteiger partial charge in [0.2, 0.25) is 0 Å². The molecule has 4 nitrogen and oxygen atoms in total. The molecule has 0 spiro atoms. The molecule has 13 heavy (non-hydrogen) atoms. The Morgan fingerprint density at radius 1 is 1.38 bits per heavy atom.